The Balaban J connectivity index is 1.82. The molecule has 0 fully saturated rings. The Bertz CT molecular complexity index is 878. The van der Waals surface area contributed by atoms with E-state index in [0.29, 0.717) is 18.1 Å². The van der Waals surface area contributed by atoms with Gasteiger partial charge in [0.1, 0.15) is 0 Å². The van der Waals surface area contributed by atoms with E-state index in [0.717, 1.165) is 16.9 Å². The molecule has 132 valence electrons. The van der Waals surface area contributed by atoms with Crippen LogP contribution in [0.25, 0.3) is 0 Å². The number of rotatable bonds is 5. The Hall–Kier alpha value is -3.21. The average Bonchev–Trinajstić information content (AvgIpc) is 2.69. The van der Waals surface area contributed by atoms with Crippen molar-refractivity contribution in [2.24, 2.45) is 0 Å². The van der Waals surface area contributed by atoms with E-state index < -0.39 is 0 Å². The van der Waals surface area contributed by atoms with Crippen molar-refractivity contribution in [2.75, 3.05) is 23.4 Å². The Morgan fingerprint density at radius 1 is 0.962 bits per heavy atom. The zero-order valence-corrected chi connectivity index (χ0v) is 15.3. The fraction of sp³-hybridized carbons (Fsp3) is 0.190. The van der Waals surface area contributed by atoms with Gasteiger partial charge in [-0.15, -0.1) is 0 Å². The van der Waals surface area contributed by atoms with Crippen LogP contribution in [0.3, 0.4) is 0 Å². The fourth-order valence-corrected chi connectivity index (χ4v) is 2.77. The van der Waals surface area contributed by atoms with Crippen molar-refractivity contribution in [3.63, 3.8) is 0 Å². The summed E-state index contributed by atoms with van der Waals surface area (Å²) in [6.07, 6.45) is 3.17. The third kappa shape index (κ3) is 3.72. The van der Waals surface area contributed by atoms with Gasteiger partial charge in [-0.1, -0.05) is 30.3 Å². The fourth-order valence-electron chi connectivity index (χ4n) is 2.77. The summed E-state index contributed by atoms with van der Waals surface area (Å²) in [5, 5.41) is 0. The summed E-state index contributed by atoms with van der Waals surface area (Å²) in [6.45, 7) is 4.55. The van der Waals surface area contributed by atoms with E-state index in [1.807, 2.05) is 80.4 Å². The largest absolute Gasteiger partial charge is 0.314 e. The smallest absolute Gasteiger partial charge is 0.261 e. The Labute approximate surface area is 153 Å². The molecule has 3 rings (SSSR count). The number of benzene rings is 2. The second kappa shape index (κ2) is 7.78. The maximum absolute atomic E-state index is 12.9. The second-order valence-corrected chi connectivity index (χ2v) is 6.05. The second-order valence-electron chi connectivity index (χ2n) is 6.05. The molecule has 0 spiro atoms. The molecular formula is C21H22N4O. The molecule has 0 saturated carbocycles. The molecule has 0 N–H and O–H groups in total. The molecule has 5 nitrogen and oxygen atoms in total. The number of hydrogen-bond acceptors (Lipinski definition) is 4. The molecule has 3 aromatic rings. The molecular weight excluding hydrogens is 324 g/mol. The lowest BCUT2D eigenvalue weighted by atomic mass is 10.2. The van der Waals surface area contributed by atoms with Gasteiger partial charge in [-0.25, -0.2) is 9.97 Å². The van der Waals surface area contributed by atoms with Gasteiger partial charge in [0.2, 0.25) is 5.95 Å². The zero-order chi connectivity index (χ0) is 18.5. The predicted molar refractivity (Wildman–Crippen MR) is 105 cm³/mol. The van der Waals surface area contributed by atoms with Crippen LogP contribution in [-0.4, -0.2) is 29.5 Å². The molecule has 1 heterocycles. The van der Waals surface area contributed by atoms with Crippen molar-refractivity contribution in [1.29, 1.82) is 0 Å². The summed E-state index contributed by atoms with van der Waals surface area (Å²) in [7, 11) is 1.90. The highest BCUT2D eigenvalue weighted by Crippen LogP contribution is 2.21. The van der Waals surface area contributed by atoms with Gasteiger partial charge < -0.3 is 9.80 Å². The normalized spacial score (nSPS) is 10.4. The van der Waals surface area contributed by atoms with Crippen LogP contribution in [0.5, 0.6) is 0 Å². The van der Waals surface area contributed by atoms with Gasteiger partial charge in [0.25, 0.3) is 5.91 Å². The van der Waals surface area contributed by atoms with Gasteiger partial charge in [-0.3, -0.25) is 4.79 Å². The minimum atomic E-state index is -0.105. The summed E-state index contributed by atoms with van der Waals surface area (Å²) >= 11 is 0. The van der Waals surface area contributed by atoms with E-state index in [1.54, 1.807) is 17.3 Å². The summed E-state index contributed by atoms with van der Waals surface area (Å²) in [6, 6.07) is 17.8. The van der Waals surface area contributed by atoms with Gasteiger partial charge in [0.05, 0.1) is 5.56 Å². The van der Waals surface area contributed by atoms with Crippen molar-refractivity contribution >= 4 is 23.2 Å². The SMILES string of the molecule is CCN(C(=O)c1cnc(N(C)c2ccccc2)nc1)c1cccc(C)c1. The number of hydrogen-bond donors (Lipinski definition) is 0. The van der Waals surface area contributed by atoms with E-state index >= 15 is 0 Å². The van der Waals surface area contributed by atoms with Crippen LogP contribution in [0, 0.1) is 6.92 Å². The number of aryl methyl sites for hydroxylation is 1. The molecule has 0 aliphatic heterocycles. The monoisotopic (exact) mass is 346 g/mol. The molecule has 0 atom stereocenters. The summed E-state index contributed by atoms with van der Waals surface area (Å²) in [4.78, 5) is 25.2. The molecule has 5 heteroatoms. The minimum absolute atomic E-state index is 0.105. The van der Waals surface area contributed by atoms with E-state index in [9.17, 15) is 4.79 Å². The van der Waals surface area contributed by atoms with Crippen molar-refractivity contribution in [1.82, 2.24) is 9.97 Å². The van der Waals surface area contributed by atoms with E-state index in [-0.39, 0.29) is 5.91 Å². The first kappa shape index (κ1) is 17.6. The van der Waals surface area contributed by atoms with Crippen molar-refractivity contribution in [2.45, 2.75) is 13.8 Å². The standard InChI is InChI=1S/C21H22N4O/c1-4-25(19-12-8-9-16(2)13-19)20(26)17-14-22-21(23-15-17)24(3)18-10-6-5-7-11-18/h5-15H,4H2,1-3H3. The number of aromatic nitrogens is 2. The summed E-state index contributed by atoms with van der Waals surface area (Å²) < 4.78 is 0. The highest BCUT2D eigenvalue weighted by Gasteiger charge is 2.17. The highest BCUT2D eigenvalue weighted by molar-refractivity contribution is 6.05. The third-order valence-electron chi connectivity index (χ3n) is 4.20. The van der Waals surface area contributed by atoms with Gasteiger partial charge in [-0.05, 0) is 43.7 Å². The lowest BCUT2D eigenvalue weighted by molar-refractivity contribution is 0.0987. The lowest BCUT2D eigenvalue weighted by Crippen LogP contribution is -2.31. The maximum atomic E-state index is 12.9. The van der Waals surface area contributed by atoms with Crippen LogP contribution in [0.2, 0.25) is 0 Å². The van der Waals surface area contributed by atoms with E-state index in [1.165, 1.54) is 0 Å². The van der Waals surface area contributed by atoms with Crippen LogP contribution in [-0.2, 0) is 0 Å². The molecule has 0 aliphatic rings. The van der Waals surface area contributed by atoms with Crippen LogP contribution in [0.1, 0.15) is 22.8 Å². The van der Waals surface area contributed by atoms with Crippen LogP contribution >= 0.6 is 0 Å². The van der Waals surface area contributed by atoms with Gasteiger partial charge in [0, 0.05) is 37.4 Å². The number of anilines is 3. The number of carbonyl (C=O) groups excluding carboxylic acids is 1. The third-order valence-corrected chi connectivity index (χ3v) is 4.20. The first-order chi connectivity index (χ1) is 12.6. The quantitative estimate of drug-likeness (QED) is 0.694. The molecule has 1 aromatic heterocycles. The van der Waals surface area contributed by atoms with E-state index in [4.69, 9.17) is 0 Å². The number of carbonyl (C=O) groups is 1. The van der Waals surface area contributed by atoms with Crippen molar-refractivity contribution in [3.8, 4) is 0 Å². The Morgan fingerprint density at radius 2 is 1.62 bits per heavy atom. The molecule has 26 heavy (non-hydrogen) atoms. The van der Waals surface area contributed by atoms with Crippen LogP contribution < -0.4 is 9.80 Å². The number of para-hydroxylation sites is 1. The number of nitrogens with zero attached hydrogens (tertiary/aromatic N) is 4. The van der Waals surface area contributed by atoms with Crippen LogP contribution in [0.15, 0.2) is 67.0 Å². The molecule has 0 radical (unpaired) electrons. The van der Waals surface area contributed by atoms with Crippen LogP contribution in [0.4, 0.5) is 17.3 Å². The molecule has 0 bridgehead atoms. The summed E-state index contributed by atoms with van der Waals surface area (Å²) in [5.74, 6) is 0.443. The van der Waals surface area contributed by atoms with Crippen molar-refractivity contribution in [3.05, 3.63) is 78.1 Å². The average molecular weight is 346 g/mol. The Kier molecular flexibility index (Phi) is 5.27. The minimum Gasteiger partial charge on any atom is -0.314 e. The maximum Gasteiger partial charge on any atom is 0.261 e. The van der Waals surface area contributed by atoms with Gasteiger partial charge >= 0.3 is 0 Å². The van der Waals surface area contributed by atoms with Gasteiger partial charge in [0.15, 0.2) is 0 Å². The van der Waals surface area contributed by atoms with E-state index in [2.05, 4.69) is 9.97 Å². The first-order valence-corrected chi connectivity index (χ1v) is 8.59. The Morgan fingerprint density at radius 3 is 2.23 bits per heavy atom. The predicted octanol–water partition coefficient (Wildman–Crippen LogP) is 4.22. The lowest BCUT2D eigenvalue weighted by Gasteiger charge is -2.22. The van der Waals surface area contributed by atoms with Crippen molar-refractivity contribution < 1.29 is 4.79 Å². The van der Waals surface area contributed by atoms with Gasteiger partial charge in [-0.2, -0.15) is 0 Å². The molecule has 0 unspecified atom stereocenters. The molecule has 0 saturated heterocycles. The molecule has 2 aromatic carbocycles. The number of amides is 1. The highest BCUT2D eigenvalue weighted by atomic mass is 16.2. The molecule has 1 amide bonds. The molecule has 0 aliphatic carbocycles. The zero-order valence-electron chi connectivity index (χ0n) is 15.3. The topological polar surface area (TPSA) is 49.3 Å². The first-order valence-electron chi connectivity index (χ1n) is 8.59. The summed E-state index contributed by atoms with van der Waals surface area (Å²) in [5.41, 5.74) is 3.45.